The van der Waals surface area contributed by atoms with Crippen LogP contribution >= 0.6 is 23.4 Å². The van der Waals surface area contributed by atoms with E-state index in [4.69, 9.17) is 11.6 Å². The zero-order valence-corrected chi connectivity index (χ0v) is 12.1. The van der Waals surface area contributed by atoms with Crippen LogP contribution in [-0.2, 0) is 0 Å². The molecule has 20 heavy (non-hydrogen) atoms. The van der Waals surface area contributed by atoms with E-state index in [9.17, 15) is 8.78 Å². The van der Waals surface area contributed by atoms with Crippen molar-refractivity contribution in [2.24, 2.45) is 0 Å². The van der Waals surface area contributed by atoms with Gasteiger partial charge >= 0.3 is 0 Å². The van der Waals surface area contributed by atoms with E-state index in [-0.39, 0.29) is 17.7 Å². The fourth-order valence-corrected chi connectivity index (χ4v) is 3.74. The predicted molar refractivity (Wildman–Crippen MR) is 79.5 cm³/mol. The summed E-state index contributed by atoms with van der Waals surface area (Å²) in [6, 6.07) is 9.37. The number of benzene rings is 2. The van der Waals surface area contributed by atoms with Gasteiger partial charge in [-0.2, -0.15) is 0 Å². The van der Waals surface area contributed by atoms with Crippen LogP contribution in [0.25, 0.3) is 0 Å². The van der Waals surface area contributed by atoms with Crippen LogP contribution < -0.4 is 5.32 Å². The van der Waals surface area contributed by atoms with Crippen LogP contribution in [0, 0.1) is 11.6 Å². The molecule has 0 radical (unpaired) electrons. The summed E-state index contributed by atoms with van der Waals surface area (Å²) in [4.78, 5) is 0.679. The van der Waals surface area contributed by atoms with Crippen LogP contribution in [0.4, 0.5) is 14.5 Å². The van der Waals surface area contributed by atoms with E-state index in [1.807, 2.05) is 6.07 Å². The third-order valence-corrected chi connectivity index (χ3v) is 4.61. The molecule has 0 aliphatic carbocycles. The number of hydrogen-bond acceptors (Lipinski definition) is 2. The van der Waals surface area contributed by atoms with Crippen LogP contribution in [0.15, 0.2) is 41.3 Å². The summed E-state index contributed by atoms with van der Waals surface area (Å²) >= 11 is 7.37. The van der Waals surface area contributed by atoms with Crippen molar-refractivity contribution in [1.82, 2.24) is 0 Å². The molecule has 1 heterocycles. The van der Waals surface area contributed by atoms with Crippen LogP contribution in [0.3, 0.4) is 0 Å². The number of thioether (sulfide) groups is 1. The van der Waals surface area contributed by atoms with Gasteiger partial charge in [0.2, 0.25) is 0 Å². The largest absolute Gasteiger partial charge is 0.378 e. The average molecular weight is 312 g/mol. The molecule has 1 N–H and O–H groups in total. The monoisotopic (exact) mass is 311 g/mol. The Labute approximate surface area is 125 Å². The molecule has 5 heteroatoms. The van der Waals surface area contributed by atoms with Crippen LogP contribution in [0.5, 0.6) is 0 Å². The van der Waals surface area contributed by atoms with Gasteiger partial charge in [-0.1, -0.05) is 23.7 Å². The highest BCUT2D eigenvalue weighted by Crippen LogP contribution is 2.39. The second-order valence-corrected chi connectivity index (χ2v) is 6.19. The topological polar surface area (TPSA) is 12.0 Å². The van der Waals surface area contributed by atoms with E-state index in [0.29, 0.717) is 15.6 Å². The van der Waals surface area contributed by atoms with Crippen molar-refractivity contribution in [1.29, 1.82) is 0 Å². The van der Waals surface area contributed by atoms with Gasteiger partial charge in [-0.3, -0.25) is 0 Å². The molecule has 1 aliphatic heterocycles. The molecule has 0 saturated carbocycles. The quantitative estimate of drug-likeness (QED) is 0.811. The summed E-state index contributed by atoms with van der Waals surface area (Å²) < 4.78 is 27.1. The minimum Gasteiger partial charge on any atom is -0.378 e. The lowest BCUT2D eigenvalue weighted by atomic mass is 10.0. The van der Waals surface area contributed by atoms with Crippen molar-refractivity contribution in [3.8, 4) is 0 Å². The lowest BCUT2D eigenvalue weighted by molar-refractivity contribution is 0.584. The molecule has 104 valence electrons. The van der Waals surface area contributed by atoms with Gasteiger partial charge in [-0.15, -0.1) is 11.8 Å². The Hall–Kier alpha value is -1.26. The fraction of sp³-hybridized carbons (Fsp3) is 0.200. The van der Waals surface area contributed by atoms with Gasteiger partial charge in [-0.25, -0.2) is 8.78 Å². The zero-order chi connectivity index (χ0) is 14.1. The average Bonchev–Trinajstić information content (AvgIpc) is 2.39. The predicted octanol–water partition coefficient (Wildman–Crippen LogP) is 5.27. The minimum absolute atomic E-state index is 0.0279. The van der Waals surface area contributed by atoms with Gasteiger partial charge in [0.05, 0.1) is 6.04 Å². The molecule has 1 nitrogen and oxygen atoms in total. The van der Waals surface area contributed by atoms with Crippen molar-refractivity contribution in [3.05, 3.63) is 58.6 Å². The fourth-order valence-electron chi connectivity index (χ4n) is 2.37. The van der Waals surface area contributed by atoms with Gasteiger partial charge < -0.3 is 5.32 Å². The van der Waals surface area contributed by atoms with E-state index in [1.165, 1.54) is 30.0 Å². The van der Waals surface area contributed by atoms with E-state index in [2.05, 4.69) is 5.32 Å². The first-order valence-corrected chi connectivity index (χ1v) is 7.63. The molecule has 0 amide bonds. The molecule has 2 aromatic rings. The Morgan fingerprint density at radius 3 is 2.85 bits per heavy atom. The highest BCUT2D eigenvalue weighted by molar-refractivity contribution is 7.99. The van der Waals surface area contributed by atoms with Gasteiger partial charge in [-0.05, 0) is 36.2 Å². The van der Waals surface area contributed by atoms with Crippen molar-refractivity contribution < 1.29 is 8.78 Å². The Morgan fingerprint density at radius 1 is 1.20 bits per heavy atom. The normalized spacial score (nSPS) is 17.6. The molecule has 0 spiro atoms. The molecule has 2 aromatic carbocycles. The van der Waals surface area contributed by atoms with E-state index >= 15 is 0 Å². The summed E-state index contributed by atoms with van der Waals surface area (Å²) in [6.45, 7) is 0. The molecule has 0 aromatic heterocycles. The summed E-state index contributed by atoms with van der Waals surface area (Å²) in [5, 5.41) is 3.59. The summed E-state index contributed by atoms with van der Waals surface area (Å²) in [5.74, 6) is 0.246. The summed E-state index contributed by atoms with van der Waals surface area (Å²) in [5.41, 5.74) is 1.53. The number of anilines is 1. The maximum Gasteiger partial charge on any atom is 0.137 e. The van der Waals surface area contributed by atoms with Gasteiger partial charge in [0.25, 0.3) is 0 Å². The Morgan fingerprint density at radius 2 is 2.05 bits per heavy atom. The molecular formula is C15H12ClF2NS. The van der Waals surface area contributed by atoms with Crippen molar-refractivity contribution in [3.63, 3.8) is 0 Å². The molecular weight excluding hydrogens is 300 g/mol. The molecule has 0 saturated heterocycles. The van der Waals surface area contributed by atoms with E-state index < -0.39 is 0 Å². The van der Waals surface area contributed by atoms with Gasteiger partial charge in [0.15, 0.2) is 0 Å². The smallest absolute Gasteiger partial charge is 0.137 e. The minimum atomic E-state index is -0.385. The second kappa shape index (κ2) is 5.62. The van der Waals surface area contributed by atoms with Crippen LogP contribution in [-0.4, -0.2) is 5.75 Å². The molecule has 0 fully saturated rings. The van der Waals surface area contributed by atoms with Gasteiger partial charge in [0.1, 0.15) is 11.6 Å². The third kappa shape index (κ3) is 2.76. The van der Waals surface area contributed by atoms with Crippen molar-refractivity contribution in [2.75, 3.05) is 11.1 Å². The highest BCUT2D eigenvalue weighted by Gasteiger charge is 2.23. The maximum atomic E-state index is 13.8. The summed E-state index contributed by atoms with van der Waals surface area (Å²) in [6.07, 6.45) is 0.856. The molecule has 1 atom stereocenters. The van der Waals surface area contributed by atoms with Gasteiger partial charge in [0, 0.05) is 21.4 Å². The Kier molecular flexibility index (Phi) is 3.85. The first-order valence-electron chi connectivity index (χ1n) is 6.27. The Bertz CT molecular complexity index is 628. The van der Waals surface area contributed by atoms with Crippen molar-refractivity contribution >= 4 is 29.1 Å². The first kappa shape index (κ1) is 13.7. The highest BCUT2D eigenvalue weighted by atomic mass is 35.5. The standard InChI is InChI=1S/C15H12ClF2NS/c16-9-6-10(17)8-11(7-9)19-14-4-5-20-15-12(14)2-1-3-13(15)18/h1-3,6-8,14,19H,4-5H2. The number of fused-ring (bicyclic) bond motifs is 1. The lowest BCUT2D eigenvalue weighted by Crippen LogP contribution is -2.16. The van der Waals surface area contributed by atoms with E-state index in [1.54, 1.807) is 12.1 Å². The Balaban J connectivity index is 1.91. The first-order chi connectivity index (χ1) is 9.63. The molecule has 1 unspecified atom stereocenters. The molecule has 3 rings (SSSR count). The third-order valence-electron chi connectivity index (χ3n) is 3.23. The number of rotatable bonds is 2. The number of nitrogens with one attached hydrogen (secondary N) is 1. The molecule has 1 aliphatic rings. The SMILES string of the molecule is Fc1cc(Cl)cc(NC2CCSc3c(F)cccc32)c1. The van der Waals surface area contributed by atoms with Crippen LogP contribution in [0.1, 0.15) is 18.0 Å². The van der Waals surface area contributed by atoms with Crippen LogP contribution in [0.2, 0.25) is 5.02 Å². The number of halogens is 3. The zero-order valence-electron chi connectivity index (χ0n) is 10.5. The maximum absolute atomic E-state index is 13.8. The molecule has 0 bridgehead atoms. The summed E-state index contributed by atoms with van der Waals surface area (Å²) in [7, 11) is 0. The lowest BCUT2D eigenvalue weighted by Gasteiger charge is -2.27. The number of hydrogen-bond donors (Lipinski definition) is 1. The van der Waals surface area contributed by atoms with E-state index in [0.717, 1.165) is 17.7 Å². The van der Waals surface area contributed by atoms with Crippen molar-refractivity contribution in [2.45, 2.75) is 17.4 Å². The second-order valence-electron chi connectivity index (χ2n) is 4.65.